The van der Waals surface area contributed by atoms with Gasteiger partial charge in [-0.15, -0.1) is 0 Å². The molecule has 13 heteroatoms. The molecule has 3 rings (SSSR count). The predicted octanol–water partition coefficient (Wildman–Crippen LogP) is 7.36. The summed E-state index contributed by atoms with van der Waals surface area (Å²) < 4.78 is 77.4. The van der Waals surface area contributed by atoms with Crippen molar-refractivity contribution >= 4 is 40.7 Å². The predicted molar refractivity (Wildman–Crippen MR) is 118 cm³/mol. The van der Waals surface area contributed by atoms with Gasteiger partial charge < -0.3 is 4.90 Å². The average molecular weight is 557 g/mol. The number of hydrogen-bond donors (Lipinski definition) is 0. The number of halogens is 9. The highest BCUT2D eigenvalue weighted by Crippen LogP contribution is 2.32. The Kier molecular flexibility index (Phi) is 8.18. The monoisotopic (exact) mass is 555 g/mol. The van der Waals surface area contributed by atoms with Crippen LogP contribution in [-0.4, -0.2) is 27.3 Å². The first-order valence-corrected chi connectivity index (χ1v) is 10.9. The van der Waals surface area contributed by atoms with Crippen LogP contribution < -0.4 is 0 Å². The van der Waals surface area contributed by atoms with E-state index in [4.69, 9.17) is 34.8 Å². The molecule has 0 bridgehead atoms. The highest BCUT2D eigenvalue weighted by atomic mass is 35.5. The Morgan fingerprint density at radius 3 is 1.74 bits per heavy atom. The first-order valence-electron chi connectivity index (χ1n) is 9.74. The number of benzene rings is 1. The summed E-state index contributed by atoms with van der Waals surface area (Å²) in [6.07, 6.45) is -8.11. The minimum absolute atomic E-state index is 0.00606. The van der Waals surface area contributed by atoms with Crippen molar-refractivity contribution in [2.75, 3.05) is 6.54 Å². The van der Waals surface area contributed by atoms with Crippen LogP contribution in [0.3, 0.4) is 0 Å². The molecule has 1 amide bonds. The molecule has 0 atom stereocenters. The van der Waals surface area contributed by atoms with Gasteiger partial charge in [-0.2, -0.15) is 26.3 Å². The number of amides is 1. The third-order valence-corrected chi connectivity index (χ3v) is 5.73. The van der Waals surface area contributed by atoms with Gasteiger partial charge in [-0.05, 0) is 36.4 Å². The second-order valence-corrected chi connectivity index (χ2v) is 8.53. The molecule has 1 aromatic carbocycles. The minimum Gasteiger partial charge on any atom is -0.332 e. The molecule has 2 heterocycles. The lowest BCUT2D eigenvalue weighted by molar-refractivity contribution is -0.138. The number of alkyl halides is 6. The van der Waals surface area contributed by atoms with Crippen LogP contribution in [0.4, 0.5) is 26.3 Å². The maximum absolute atomic E-state index is 13.1. The largest absolute Gasteiger partial charge is 0.417 e. The van der Waals surface area contributed by atoms with E-state index in [1.54, 1.807) is 0 Å². The van der Waals surface area contributed by atoms with Gasteiger partial charge in [-0.3, -0.25) is 14.8 Å². The van der Waals surface area contributed by atoms with Crippen molar-refractivity contribution in [3.8, 4) is 0 Å². The summed E-state index contributed by atoms with van der Waals surface area (Å²) >= 11 is 17.8. The molecular weight excluding hydrogens is 543 g/mol. The molecule has 0 radical (unpaired) electrons. The normalized spacial score (nSPS) is 12.0. The van der Waals surface area contributed by atoms with Crippen LogP contribution in [0.15, 0.2) is 48.8 Å². The van der Waals surface area contributed by atoms with E-state index >= 15 is 0 Å². The molecule has 0 fully saturated rings. The highest BCUT2D eigenvalue weighted by Gasteiger charge is 2.33. The highest BCUT2D eigenvalue weighted by molar-refractivity contribution is 6.31. The molecule has 186 valence electrons. The molecule has 35 heavy (non-hydrogen) atoms. The molecule has 0 spiro atoms. The van der Waals surface area contributed by atoms with Gasteiger partial charge in [0.15, 0.2) is 0 Å². The molecular formula is C22H14Cl3F6N3O. The topological polar surface area (TPSA) is 46.1 Å². The van der Waals surface area contributed by atoms with Gasteiger partial charge in [0.25, 0.3) is 5.91 Å². The molecule has 0 aliphatic heterocycles. The van der Waals surface area contributed by atoms with E-state index in [0.717, 1.165) is 6.07 Å². The quantitative estimate of drug-likeness (QED) is 0.298. The standard InChI is InChI=1S/C22H14Cl3F6N3O/c23-15-3-1-12(2-4-15)20(35)34(11-19-17(25)8-14(10-33-19)22(29,30)31)6-5-18-16(24)7-13(9-32-18)21(26,27)28/h1-4,7-10H,5-6,11H2. The van der Waals surface area contributed by atoms with E-state index in [-0.39, 0.29) is 46.5 Å². The van der Waals surface area contributed by atoms with Crippen LogP contribution in [0.2, 0.25) is 15.1 Å². The molecule has 2 aromatic heterocycles. The van der Waals surface area contributed by atoms with Crippen LogP contribution in [0, 0.1) is 0 Å². The fraction of sp³-hybridized carbons (Fsp3) is 0.227. The van der Waals surface area contributed by atoms with Crippen LogP contribution in [-0.2, 0) is 25.3 Å². The smallest absolute Gasteiger partial charge is 0.332 e. The second-order valence-electron chi connectivity index (χ2n) is 7.28. The van der Waals surface area contributed by atoms with Gasteiger partial charge in [0, 0.05) is 35.9 Å². The molecule has 0 saturated carbocycles. The number of carbonyl (C=O) groups is 1. The lowest BCUT2D eigenvalue weighted by atomic mass is 10.1. The fourth-order valence-corrected chi connectivity index (χ4v) is 3.60. The molecule has 0 aliphatic carbocycles. The van der Waals surface area contributed by atoms with Crippen LogP contribution >= 0.6 is 34.8 Å². The third kappa shape index (κ3) is 6.99. The Morgan fingerprint density at radius 2 is 1.29 bits per heavy atom. The van der Waals surface area contributed by atoms with Crippen molar-refractivity contribution in [2.45, 2.75) is 25.3 Å². The van der Waals surface area contributed by atoms with E-state index < -0.39 is 29.4 Å². The van der Waals surface area contributed by atoms with Crippen LogP contribution in [0.1, 0.15) is 32.9 Å². The van der Waals surface area contributed by atoms with Gasteiger partial charge in [0.05, 0.1) is 39.1 Å². The van der Waals surface area contributed by atoms with Crippen molar-refractivity contribution in [1.29, 1.82) is 0 Å². The summed E-state index contributed by atoms with van der Waals surface area (Å²) in [6, 6.07) is 7.27. The summed E-state index contributed by atoms with van der Waals surface area (Å²) in [5, 5.41) is -0.176. The van der Waals surface area contributed by atoms with E-state index in [1.165, 1.54) is 29.2 Å². The van der Waals surface area contributed by atoms with Gasteiger partial charge in [-0.25, -0.2) is 0 Å². The van der Waals surface area contributed by atoms with Gasteiger partial charge in [-0.1, -0.05) is 34.8 Å². The minimum atomic E-state index is -4.65. The Balaban J connectivity index is 1.88. The van der Waals surface area contributed by atoms with Gasteiger partial charge >= 0.3 is 12.4 Å². The molecule has 0 aliphatic rings. The number of carbonyl (C=O) groups excluding carboxylic acids is 1. The molecule has 0 N–H and O–H groups in total. The number of hydrogen-bond acceptors (Lipinski definition) is 3. The first-order chi connectivity index (χ1) is 16.3. The van der Waals surface area contributed by atoms with Crippen molar-refractivity contribution in [3.05, 3.63) is 91.9 Å². The van der Waals surface area contributed by atoms with Crippen LogP contribution in [0.5, 0.6) is 0 Å². The summed E-state index contributed by atoms with van der Waals surface area (Å²) in [5.41, 5.74) is -1.78. The average Bonchev–Trinajstić information content (AvgIpc) is 2.77. The lowest BCUT2D eigenvalue weighted by Crippen LogP contribution is -2.33. The zero-order chi connectivity index (χ0) is 26.0. The van der Waals surface area contributed by atoms with E-state index in [0.29, 0.717) is 23.5 Å². The SMILES string of the molecule is O=C(c1ccc(Cl)cc1)N(CCc1ncc(C(F)(F)F)cc1Cl)Cc1ncc(C(F)(F)F)cc1Cl. The summed E-state index contributed by atoms with van der Waals surface area (Å²) in [6.45, 7) is -0.380. The maximum Gasteiger partial charge on any atom is 0.417 e. The van der Waals surface area contributed by atoms with E-state index in [9.17, 15) is 31.1 Å². The molecule has 0 saturated heterocycles. The van der Waals surface area contributed by atoms with Crippen molar-refractivity contribution < 1.29 is 31.1 Å². The lowest BCUT2D eigenvalue weighted by Gasteiger charge is -2.23. The summed E-state index contributed by atoms with van der Waals surface area (Å²) in [7, 11) is 0. The fourth-order valence-electron chi connectivity index (χ4n) is 2.99. The molecule has 0 unspecified atom stereocenters. The number of pyridine rings is 2. The van der Waals surface area contributed by atoms with Crippen molar-refractivity contribution in [2.24, 2.45) is 0 Å². The van der Waals surface area contributed by atoms with Gasteiger partial charge in [0.1, 0.15) is 0 Å². The maximum atomic E-state index is 13.1. The Hall–Kier alpha value is -2.56. The van der Waals surface area contributed by atoms with Crippen molar-refractivity contribution in [1.82, 2.24) is 14.9 Å². The summed E-state index contributed by atoms with van der Waals surface area (Å²) in [5.74, 6) is -0.539. The Morgan fingerprint density at radius 1 is 0.800 bits per heavy atom. The van der Waals surface area contributed by atoms with Crippen LogP contribution in [0.25, 0.3) is 0 Å². The Bertz CT molecular complexity index is 1220. The first kappa shape index (κ1) is 27.0. The van der Waals surface area contributed by atoms with Gasteiger partial charge in [0.2, 0.25) is 0 Å². The number of rotatable bonds is 6. The summed E-state index contributed by atoms with van der Waals surface area (Å²) in [4.78, 5) is 21.8. The Labute approximate surface area is 210 Å². The zero-order valence-corrected chi connectivity index (χ0v) is 19.7. The third-order valence-electron chi connectivity index (χ3n) is 4.83. The second kappa shape index (κ2) is 10.6. The van der Waals surface area contributed by atoms with Crippen molar-refractivity contribution in [3.63, 3.8) is 0 Å². The van der Waals surface area contributed by atoms with E-state index in [2.05, 4.69) is 9.97 Å². The molecule has 3 aromatic rings. The zero-order valence-electron chi connectivity index (χ0n) is 17.4. The molecule has 4 nitrogen and oxygen atoms in total. The van der Waals surface area contributed by atoms with E-state index in [1.807, 2.05) is 0 Å². The number of nitrogens with zero attached hydrogens (tertiary/aromatic N) is 3. The number of aromatic nitrogens is 2.